The second kappa shape index (κ2) is 5.39. The highest BCUT2D eigenvalue weighted by Crippen LogP contribution is 1.93. The van der Waals surface area contributed by atoms with Gasteiger partial charge in [-0.2, -0.15) is 5.10 Å². The lowest BCUT2D eigenvalue weighted by molar-refractivity contribution is -0.122. The minimum atomic E-state index is -0.818. The van der Waals surface area contributed by atoms with Crippen LogP contribution >= 0.6 is 0 Å². The second-order valence-corrected chi connectivity index (χ2v) is 3.88. The minimum Gasteiger partial charge on any atom is -0.335 e. The summed E-state index contributed by atoms with van der Waals surface area (Å²) in [5.74, 6) is -0.241. The van der Waals surface area contributed by atoms with Crippen molar-refractivity contribution < 1.29 is 4.79 Å². The molecule has 1 unspecified atom stereocenters. The third kappa shape index (κ3) is 3.52. The summed E-state index contributed by atoms with van der Waals surface area (Å²) >= 11 is 0. The Kier molecular flexibility index (Phi) is 4.16. The van der Waals surface area contributed by atoms with Crippen molar-refractivity contribution >= 4 is 5.91 Å². The molecule has 0 aliphatic heterocycles. The molecule has 0 aliphatic rings. The van der Waals surface area contributed by atoms with Gasteiger partial charge in [0.05, 0.1) is 6.54 Å². The molecule has 0 fully saturated rings. The average molecular weight is 241 g/mol. The van der Waals surface area contributed by atoms with Crippen LogP contribution in [0.15, 0.2) is 15.9 Å². The Balaban J connectivity index is 2.80. The van der Waals surface area contributed by atoms with Gasteiger partial charge in [0.1, 0.15) is 12.5 Å². The number of amides is 1. The monoisotopic (exact) mass is 241 g/mol. The van der Waals surface area contributed by atoms with Crippen LogP contribution in [0.25, 0.3) is 0 Å². The fourth-order valence-corrected chi connectivity index (χ4v) is 1.28. The van der Waals surface area contributed by atoms with Crippen LogP contribution in [-0.4, -0.2) is 46.2 Å². The number of carbonyl (C=O) groups excluding carboxylic acids is 1. The van der Waals surface area contributed by atoms with Gasteiger partial charge < -0.3 is 10.2 Å². The van der Waals surface area contributed by atoms with Crippen molar-refractivity contribution in [1.82, 2.24) is 25.0 Å². The Morgan fingerprint density at radius 2 is 2.24 bits per heavy atom. The Hall–Kier alpha value is -1.96. The number of likely N-dealkylation sites (N-methyl/N-ethyl adjacent to an activating group) is 1. The zero-order chi connectivity index (χ0) is 13.0. The Labute approximate surface area is 97.3 Å². The average Bonchev–Trinajstić information content (AvgIpc) is 2.20. The van der Waals surface area contributed by atoms with E-state index in [4.69, 9.17) is 0 Å². The van der Waals surface area contributed by atoms with E-state index in [1.165, 1.54) is 6.33 Å². The fraction of sp³-hybridized carbons (Fsp3) is 0.556. The van der Waals surface area contributed by atoms with E-state index in [2.05, 4.69) is 10.4 Å². The first kappa shape index (κ1) is 13.1. The van der Waals surface area contributed by atoms with E-state index in [1.54, 1.807) is 25.9 Å². The lowest BCUT2D eigenvalue weighted by Crippen LogP contribution is -2.44. The van der Waals surface area contributed by atoms with Crippen LogP contribution in [0.1, 0.15) is 13.1 Å². The SMILES string of the molecule is CC(NC(=O)CN(C)C)n1cn[nH]c(=O)c1=O. The molecule has 1 aromatic heterocycles. The van der Waals surface area contributed by atoms with Crippen molar-refractivity contribution in [3.63, 3.8) is 0 Å². The number of carbonyl (C=O) groups is 1. The number of hydrogen-bond acceptors (Lipinski definition) is 5. The Morgan fingerprint density at radius 1 is 1.59 bits per heavy atom. The summed E-state index contributed by atoms with van der Waals surface area (Å²) < 4.78 is 1.06. The molecular formula is C9H15N5O3. The van der Waals surface area contributed by atoms with E-state index in [0.29, 0.717) is 0 Å². The van der Waals surface area contributed by atoms with E-state index in [0.717, 1.165) is 4.57 Å². The molecule has 0 bridgehead atoms. The molecule has 1 atom stereocenters. The van der Waals surface area contributed by atoms with E-state index >= 15 is 0 Å². The van der Waals surface area contributed by atoms with E-state index < -0.39 is 17.3 Å². The van der Waals surface area contributed by atoms with Crippen LogP contribution in [0.4, 0.5) is 0 Å². The predicted octanol–water partition coefficient (Wildman–Crippen LogP) is -1.87. The molecule has 1 amide bonds. The molecule has 0 aliphatic carbocycles. The van der Waals surface area contributed by atoms with Crippen molar-refractivity contribution in [1.29, 1.82) is 0 Å². The highest BCUT2D eigenvalue weighted by Gasteiger charge is 2.12. The summed E-state index contributed by atoms with van der Waals surface area (Å²) in [4.78, 5) is 35.6. The van der Waals surface area contributed by atoms with E-state index in [1.807, 2.05) is 5.10 Å². The maximum absolute atomic E-state index is 11.5. The Bertz CT molecular complexity index is 504. The summed E-state index contributed by atoms with van der Waals surface area (Å²) in [5, 5.41) is 8.10. The summed E-state index contributed by atoms with van der Waals surface area (Å²) in [6.07, 6.45) is 0.550. The quantitative estimate of drug-likeness (QED) is 0.601. The zero-order valence-electron chi connectivity index (χ0n) is 9.93. The first-order valence-electron chi connectivity index (χ1n) is 5.01. The fourth-order valence-electron chi connectivity index (χ4n) is 1.28. The van der Waals surface area contributed by atoms with Gasteiger partial charge in [0.25, 0.3) is 0 Å². The molecule has 94 valence electrons. The summed E-state index contributed by atoms with van der Waals surface area (Å²) in [6, 6.07) is 0. The first-order chi connectivity index (χ1) is 7.91. The molecule has 0 radical (unpaired) electrons. The van der Waals surface area contributed by atoms with Gasteiger partial charge in [-0.25, -0.2) is 5.10 Å². The summed E-state index contributed by atoms with van der Waals surface area (Å²) in [7, 11) is 3.51. The largest absolute Gasteiger partial charge is 0.335 e. The van der Waals surface area contributed by atoms with Gasteiger partial charge >= 0.3 is 11.1 Å². The molecule has 1 heterocycles. The van der Waals surface area contributed by atoms with Crippen LogP contribution in [0.3, 0.4) is 0 Å². The smallest absolute Gasteiger partial charge is 0.330 e. The number of nitrogens with zero attached hydrogens (tertiary/aromatic N) is 3. The molecule has 8 nitrogen and oxygen atoms in total. The number of H-pyrrole nitrogens is 1. The second-order valence-electron chi connectivity index (χ2n) is 3.88. The van der Waals surface area contributed by atoms with Crippen LogP contribution in [-0.2, 0) is 4.79 Å². The van der Waals surface area contributed by atoms with Crippen LogP contribution in [0.5, 0.6) is 0 Å². The van der Waals surface area contributed by atoms with Crippen molar-refractivity contribution in [2.45, 2.75) is 13.1 Å². The number of rotatable bonds is 4. The van der Waals surface area contributed by atoms with E-state index in [9.17, 15) is 14.4 Å². The molecule has 0 saturated carbocycles. The van der Waals surface area contributed by atoms with Crippen molar-refractivity contribution in [2.75, 3.05) is 20.6 Å². The zero-order valence-corrected chi connectivity index (χ0v) is 9.93. The molecule has 8 heteroatoms. The molecule has 17 heavy (non-hydrogen) atoms. The molecule has 0 aromatic carbocycles. The molecule has 0 spiro atoms. The number of nitrogens with one attached hydrogen (secondary N) is 2. The van der Waals surface area contributed by atoms with Gasteiger partial charge in [0, 0.05) is 0 Å². The van der Waals surface area contributed by atoms with Crippen LogP contribution in [0.2, 0.25) is 0 Å². The number of hydrogen-bond donors (Lipinski definition) is 2. The van der Waals surface area contributed by atoms with Crippen molar-refractivity contribution in [3.05, 3.63) is 27.0 Å². The third-order valence-electron chi connectivity index (χ3n) is 2.02. The van der Waals surface area contributed by atoms with Crippen LogP contribution in [0, 0.1) is 0 Å². The predicted molar refractivity (Wildman–Crippen MR) is 60.5 cm³/mol. The summed E-state index contributed by atoms with van der Waals surface area (Å²) in [6.45, 7) is 1.80. The standard InChI is InChI=1S/C9H15N5O3/c1-6(11-7(15)4-13(2)3)14-5-10-12-8(16)9(14)17/h5-6H,4H2,1-3H3,(H,11,15)(H,12,16). The van der Waals surface area contributed by atoms with Gasteiger partial charge in [0.2, 0.25) is 5.91 Å². The topological polar surface area (TPSA) is 100 Å². The van der Waals surface area contributed by atoms with Crippen LogP contribution < -0.4 is 16.4 Å². The van der Waals surface area contributed by atoms with Gasteiger partial charge in [-0.3, -0.25) is 19.0 Å². The van der Waals surface area contributed by atoms with Crippen molar-refractivity contribution in [3.8, 4) is 0 Å². The Morgan fingerprint density at radius 3 is 2.82 bits per heavy atom. The van der Waals surface area contributed by atoms with E-state index in [-0.39, 0.29) is 12.5 Å². The minimum absolute atomic E-state index is 0.204. The van der Waals surface area contributed by atoms with Gasteiger partial charge in [0.15, 0.2) is 0 Å². The normalized spacial score (nSPS) is 12.5. The third-order valence-corrected chi connectivity index (χ3v) is 2.02. The van der Waals surface area contributed by atoms with Crippen molar-refractivity contribution in [2.24, 2.45) is 0 Å². The molecular weight excluding hydrogens is 226 g/mol. The lowest BCUT2D eigenvalue weighted by atomic mass is 10.4. The van der Waals surface area contributed by atoms with Gasteiger partial charge in [-0.1, -0.05) is 0 Å². The summed E-state index contributed by atoms with van der Waals surface area (Å²) in [5.41, 5.74) is -1.57. The van der Waals surface area contributed by atoms with Gasteiger partial charge in [-0.05, 0) is 21.0 Å². The number of aromatic amines is 1. The molecule has 0 saturated heterocycles. The molecule has 1 aromatic rings. The maximum atomic E-state index is 11.5. The number of aromatic nitrogens is 3. The van der Waals surface area contributed by atoms with Gasteiger partial charge in [-0.15, -0.1) is 0 Å². The highest BCUT2D eigenvalue weighted by molar-refractivity contribution is 5.78. The highest BCUT2D eigenvalue weighted by atomic mass is 16.2. The first-order valence-corrected chi connectivity index (χ1v) is 5.01. The lowest BCUT2D eigenvalue weighted by Gasteiger charge is -2.17. The molecule has 1 rings (SSSR count). The molecule has 2 N–H and O–H groups in total. The maximum Gasteiger partial charge on any atom is 0.330 e.